The summed E-state index contributed by atoms with van der Waals surface area (Å²) in [4.78, 5) is 21.0. The zero-order valence-corrected chi connectivity index (χ0v) is 15.2. The van der Waals surface area contributed by atoms with Crippen LogP contribution in [0.3, 0.4) is 0 Å². The Morgan fingerprint density at radius 1 is 1.25 bits per heavy atom. The third-order valence-electron chi connectivity index (χ3n) is 3.99. The van der Waals surface area contributed by atoms with Gasteiger partial charge in [0.15, 0.2) is 0 Å². The number of carbonyl (C=O) groups excluding carboxylic acids is 1. The molecule has 24 heavy (non-hydrogen) atoms. The molecule has 2 aromatic rings. The maximum Gasteiger partial charge on any atom is 0.344 e. The van der Waals surface area contributed by atoms with Crippen molar-refractivity contribution in [2.24, 2.45) is 5.92 Å². The predicted octanol–water partition coefficient (Wildman–Crippen LogP) is 3.67. The molecule has 0 aliphatic rings. The van der Waals surface area contributed by atoms with Crippen molar-refractivity contribution >= 4 is 11.7 Å². The maximum atomic E-state index is 12.0. The minimum Gasteiger partial charge on any atom is -0.474 e. The molecule has 132 valence electrons. The van der Waals surface area contributed by atoms with E-state index < -0.39 is 5.97 Å². The molecule has 0 N–H and O–H groups in total. The van der Waals surface area contributed by atoms with E-state index in [1.54, 1.807) is 10.6 Å². The molecule has 0 fully saturated rings. The molecule has 1 atom stereocenters. The number of ether oxygens (including phenoxy) is 2. The van der Waals surface area contributed by atoms with Crippen LogP contribution in [-0.4, -0.2) is 33.6 Å². The Bertz CT molecular complexity index is 694. The molecule has 0 spiro atoms. The number of rotatable bonds is 8. The number of esters is 1. The molecule has 0 radical (unpaired) electrons. The van der Waals surface area contributed by atoms with Crippen molar-refractivity contribution in [1.82, 2.24) is 14.4 Å². The van der Waals surface area contributed by atoms with Gasteiger partial charge in [0, 0.05) is 12.4 Å². The lowest BCUT2D eigenvalue weighted by Gasteiger charge is -2.11. The number of imidazole rings is 1. The first kappa shape index (κ1) is 18.2. The number of fused-ring (bicyclic) bond motifs is 1. The first-order valence-corrected chi connectivity index (χ1v) is 8.62. The van der Waals surface area contributed by atoms with Gasteiger partial charge in [-0.3, -0.25) is 4.40 Å². The van der Waals surface area contributed by atoms with Crippen molar-refractivity contribution in [1.29, 1.82) is 0 Å². The molecule has 0 aromatic carbocycles. The molecular weight excluding hydrogens is 306 g/mol. The minimum atomic E-state index is -0.465. The van der Waals surface area contributed by atoms with Gasteiger partial charge in [0.05, 0.1) is 18.9 Å². The lowest BCUT2D eigenvalue weighted by atomic mass is 9.96. The van der Waals surface area contributed by atoms with Crippen LogP contribution in [0.25, 0.3) is 5.78 Å². The fraction of sp³-hybridized carbons (Fsp3) is 0.611. The van der Waals surface area contributed by atoms with E-state index in [9.17, 15) is 4.79 Å². The normalized spacial score (nSPS) is 12.6. The van der Waals surface area contributed by atoms with Gasteiger partial charge in [0.2, 0.25) is 11.7 Å². The van der Waals surface area contributed by atoms with Crippen molar-refractivity contribution in [2.75, 3.05) is 7.11 Å². The summed E-state index contributed by atoms with van der Waals surface area (Å²) in [6.45, 7) is 8.19. The van der Waals surface area contributed by atoms with Gasteiger partial charge in [-0.05, 0) is 26.2 Å². The molecule has 2 rings (SSSR count). The number of hydrogen-bond donors (Lipinski definition) is 0. The molecule has 6 nitrogen and oxygen atoms in total. The van der Waals surface area contributed by atoms with E-state index >= 15 is 0 Å². The lowest BCUT2D eigenvalue weighted by Crippen LogP contribution is -2.13. The Hall–Kier alpha value is -2.11. The summed E-state index contributed by atoms with van der Waals surface area (Å²) in [5.74, 6) is 0.959. The van der Waals surface area contributed by atoms with Crippen LogP contribution >= 0.6 is 0 Å². The highest BCUT2D eigenvalue weighted by atomic mass is 16.5. The zero-order valence-electron chi connectivity index (χ0n) is 15.2. The minimum absolute atomic E-state index is 0.0909. The second-order valence-electron chi connectivity index (χ2n) is 6.32. The molecule has 1 unspecified atom stereocenters. The van der Waals surface area contributed by atoms with Crippen LogP contribution in [0.15, 0.2) is 12.4 Å². The van der Waals surface area contributed by atoms with Crippen LogP contribution in [0.4, 0.5) is 0 Å². The van der Waals surface area contributed by atoms with Gasteiger partial charge in [0.1, 0.15) is 5.56 Å². The number of aromatic nitrogens is 3. The second-order valence-corrected chi connectivity index (χ2v) is 6.32. The Morgan fingerprint density at radius 3 is 2.58 bits per heavy atom. The van der Waals surface area contributed by atoms with Crippen LogP contribution in [0, 0.1) is 5.92 Å². The summed E-state index contributed by atoms with van der Waals surface area (Å²) in [6, 6.07) is 0. The van der Waals surface area contributed by atoms with E-state index in [-0.39, 0.29) is 12.0 Å². The average Bonchev–Trinajstić information content (AvgIpc) is 2.93. The van der Waals surface area contributed by atoms with E-state index in [2.05, 4.69) is 23.8 Å². The fourth-order valence-corrected chi connectivity index (χ4v) is 2.77. The summed E-state index contributed by atoms with van der Waals surface area (Å²) < 4.78 is 12.3. The van der Waals surface area contributed by atoms with Gasteiger partial charge in [-0.25, -0.2) is 9.78 Å². The molecule has 2 heterocycles. The molecule has 0 saturated heterocycles. The van der Waals surface area contributed by atoms with Crippen LogP contribution in [0.5, 0.6) is 5.88 Å². The van der Waals surface area contributed by atoms with Crippen LogP contribution in [0.1, 0.15) is 63.0 Å². The quantitative estimate of drug-likeness (QED) is 0.690. The van der Waals surface area contributed by atoms with E-state index in [0.717, 1.165) is 18.5 Å². The summed E-state index contributed by atoms with van der Waals surface area (Å²) in [7, 11) is 1.35. The third kappa shape index (κ3) is 4.24. The monoisotopic (exact) mass is 333 g/mol. The van der Waals surface area contributed by atoms with Gasteiger partial charge >= 0.3 is 5.97 Å². The molecular formula is C18H27N3O3. The zero-order chi connectivity index (χ0) is 17.7. The van der Waals surface area contributed by atoms with Crippen LogP contribution in [0.2, 0.25) is 0 Å². The molecule has 0 bridgehead atoms. The van der Waals surface area contributed by atoms with E-state index in [0.29, 0.717) is 17.3 Å². The number of nitrogens with zero attached hydrogens (tertiary/aromatic N) is 3. The number of carbonyl (C=O) groups is 1. The highest BCUT2D eigenvalue weighted by Gasteiger charge is 2.19. The van der Waals surface area contributed by atoms with E-state index in [1.165, 1.54) is 20.0 Å². The van der Waals surface area contributed by atoms with Crippen molar-refractivity contribution in [3.8, 4) is 5.88 Å². The Morgan fingerprint density at radius 2 is 2.00 bits per heavy atom. The summed E-state index contributed by atoms with van der Waals surface area (Å²) in [5.41, 5.74) is 1.29. The largest absolute Gasteiger partial charge is 0.474 e. The molecule has 0 aliphatic heterocycles. The topological polar surface area (TPSA) is 65.7 Å². The number of hydrogen-bond acceptors (Lipinski definition) is 5. The predicted molar refractivity (Wildman–Crippen MR) is 92.5 cm³/mol. The summed E-state index contributed by atoms with van der Waals surface area (Å²) in [5, 5.41) is 0. The molecule has 0 amide bonds. The Balaban J connectivity index is 2.38. The molecule has 0 aliphatic carbocycles. The SMILES string of the molecule is CCCC(CC)Cc1cn2cc(C(=O)OC)c(OC(C)C)nc2n1. The summed E-state index contributed by atoms with van der Waals surface area (Å²) >= 11 is 0. The van der Waals surface area contributed by atoms with Crippen LogP contribution in [-0.2, 0) is 11.2 Å². The van der Waals surface area contributed by atoms with Gasteiger partial charge in [-0.2, -0.15) is 4.98 Å². The number of methoxy groups -OCH3 is 1. The lowest BCUT2D eigenvalue weighted by molar-refractivity contribution is 0.0592. The highest BCUT2D eigenvalue weighted by molar-refractivity contribution is 5.91. The standard InChI is InChI=1S/C18H27N3O3/c1-6-8-13(7-2)9-14-10-21-11-15(17(22)23-5)16(24-12(3)4)20-18(21)19-14/h10-13H,6-9H2,1-5H3. The first-order valence-electron chi connectivity index (χ1n) is 8.62. The third-order valence-corrected chi connectivity index (χ3v) is 3.99. The molecule has 0 saturated carbocycles. The van der Waals surface area contributed by atoms with Crippen molar-refractivity contribution in [2.45, 2.75) is 59.5 Å². The highest BCUT2D eigenvalue weighted by Crippen LogP contribution is 2.22. The van der Waals surface area contributed by atoms with Crippen LogP contribution < -0.4 is 4.74 Å². The average molecular weight is 333 g/mol. The van der Waals surface area contributed by atoms with Crippen molar-refractivity contribution in [3.63, 3.8) is 0 Å². The molecule has 6 heteroatoms. The van der Waals surface area contributed by atoms with E-state index in [1.807, 2.05) is 20.0 Å². The van der Waals surface area contributed by atoms with Gasteiger partial charge < -0.3 is 9.47 Å². The maximum absolute atomic E-state index is 12.0. The van der Waals surface area contributed by atoms with Crippen molar-refractivity contribution in [3.05, 3.63) is 23.7 Å². The Kier molecular flexibility index (Phi) is 6.17. The van der Waals surface area contributed by atoms with Crippen molar-refractivity contribution < 1.29 is 14.3 Å². The van der Waals surface area contributed by atoms with Gasteiger partial charge in [-0.1, -0.05) is 33.1 Å². The first-order chi connectivity index (χ1) is 11.5. The smallest absolute Gasteiger partial charge is 0.344 e. The summed E-state index contributed by atoms with van der Waals surface area (Å²) in [6.07, 6.45) is 7.93. The second kappa shape index (κ2) is 8.13. The van der Waals surface area contributed by atoms with E-state index in [4.69, 9.17) is 9.47 Å². The van der Waals surface area contributed by atoms with Gasteiger partial charge in [-0.15, -0.1) is 0 Å². The molecule has 2 aromatic heterocycles. The van der Waals surface area contributed by atoms with Gasteiger partial charge in [0.25, 0.3) is 0 Å². The fourth-order valence-electron chi connectivity index (χ4n) is 2.77. The Labute approximate surface area is 143 Å².